The van der Waals surface area contributed by atoms with Gasteiger partial charge < -0.3 is 20.3 Å². The van der Waals surface area contributed by atoms with Crippen molar-refractivity contribution in [2.45, 2.75) is 12.5 Å². The zero-order chi connectivity index (χ0) is 18.1. The summed E-state index contributed by atoms with van der Waals surface area (Å²) in [6.07, 6.45) is 0. The van der Waals surface area contributed by atoms with Gasteiger partial charge in [-0.05, 0) is 42.8 Å². The minimum absolute atomic E-state index is 0.0804. The van der Waals surface area contributed by atoms with Gasteiger partial charge in [-0.25, -0.2) is 4.79 Å². The van der Waals surface area contributed by atoms with Crippen molar-refractivity contribution in [3.63, 3.8) is 0 Å². The second-order valence-corrected chi connectivity index (χ2v) is 6.66. The number of nitrogen functional groups attached to an aromatic ring is 1. The molecule has 128 valence electrons. The molecule has 0 saturated carbocycles. The van der Waals surface area contributed by atoms with Crippen LogP contribution in [0, 0.1) is 6.92 Å². The summed E-state index contributed by atoms with van der Waals surface area (Å²) in [4.78, 5) is 12.7. The molecule has 2 aliphatic heterocycles. The molecule has 0 saturated heterocycles. The number of fused-ring (bicyclic) bond motifs is 6. The highest BCUT2D eigenvalue weighted by Crippen LogP contribution is 2.56. The number of hydrogen-bond donors (Lipinski definition) is 2. The number of anilines is 1. The van der Waals surface area contributed by atoms with Gasteiger partial charge in [0, 0.05) is 28.4 Å². The molecular weight excluding hydrogens is 330 g/mol. The minimum atomic E-state index is -1.12. The molecule has 3 aromatic carbocycles. The number of carbonyl (C=O) groups excluding carboxylic acids is 1. The number of hydrogen-bond acceptors (Lipinski definition) is 5. The van der Waals surface area contributed by atoms with Crippen LogP contribution in [0.1, 0.15) is 32.6 Å². The number of phenols is 1. The first kappa shape index (κ1) is 14.8. The lowest BCUT2D eigenvalue weighted by molar-refractivity contribution is 0.0224. The summed E-state index contributed by atoms with van der Waals surface area (Å²) in [5.41, 5.74) is 8.85. The van der Waals surface area contributed by atoms with Gasteiger partial charge in [0.25, 0.3) is 0 Å². The smallest absolute Gasteiger partial charge is 0.340 e. The van der Waals surface area contributed by atoms with Crippen LogP contribution in [0.5, 0.6) is 17.2 Å². The van der Waals surface area contributed by atoms with E-state index in [0.717, 1.165) is 16.7 Å². The lowest BCUT2D eigenvalue weighted by atomic mass is 9.77. The van der Waals surface area contributed by atoms with E-state index in [0.29, 0.717) is 28.3 Å². The van der Waals surface area contributed by atoms with Crippen molar-refractivity contribution in [1.29, 1.82) is 0 Å². The second-order valence-electron chi connectivity index (χ2n) is 6.66. The van der Waals surface area contributed by atoms with Crippen molar-refractivity contribution in [3.05, 3.63) is 82.4 Å². The number of aryl methyl sites for hydroxylation is 1. The third-order valence-electron chi connectivity index (χ3n) is 4.97. The molecule has 0 fully saturated rings. The molecule has 2 heterocycles. The van der Waals surface area contributed by atoms with Crippen molar-refractivity contribution in [1.82, 2.24) is 0 Å². The number of ether oxygens (including phenoxy) is 2. The number of aromatic hydroxyl groups is 1. The van der Waals surface area contributed by atoms with E-state index in [1.165, 1.54) is 6.07 Å². The van der Waals surface area contributed by atoms with Gasteiger partial charge in [-0.2, -0.15) is 0 Å². The van der Waals surface area contributed by atoms with Crippen molar-refractivity contribution >= 4 is 11.7 Å². The van der Waals surface area contributed by atoms with Gasteiger partial charge in [0.2, 0.25) is 0 Å². The van der Waals surface area contributed by atoms with Crippen LogP contribution in [0.25, 0.3) is 0 Å². The van der Waals surface area contributed by atoms with E-state index in [9.17, 15) is 9.90 Å². The van der Waals surface area contributed by atoms with Crippen LogP contribution in [-0.4, -0.2) is 11.1 Å². The molecule has 5 nitrogen and oxygen atoms in total. The summed E-state index contributed by atoms with van der Waals surface area (Å²) >= 11 is 0. The topological polar surface area (TPSA) is 81.8 Å². The predicted octanol–water partition coefficient (Wildman–Crippen LogP) is 3.85. The SMILES string of the molecule is Cc1ccc2c(c1)Oc1cc(O)ccc1C21OC(=O)c2cc(N)ccc21. The lowest BCUT2D eigenvalue weighted by Gasteiger charge is -2.36. The van der Waals surface area contributed by atoms with Crippen LogP contribution in [0.3, 0.4) is 0 Å². The summed E-state index contributed by atoms with van der Waals surface area (Å²) in [7, 11) is 0. The summed E-state index contributed by atoms with van der Waals surface area (Å²) in [6, 6.07) is 15.8. The molecule has 0 aliphatic carbocycles. The van der Waals surface area contributed by atoms with Crippen LogP contribution >= 0.6 is 0 Å². The third kappa shape index (κ3) is 1.77. The maximum absolute atomic E-state index is 12.7. The Morgan fingerprint density at radius 3 is 2.42 bits per heavy atom. The second kappa shape index (κ2) is 4.79. The Bertz CT molecular complexity index is 1050. The highest BCUT2D eigenvalue weighted by Gasteiger charge is 2.53. The average molecular weight is 345 g/mol. The fraction of sp³-hybridized carbons (Fsp3) is 0.0952. The van der Waals surface area contributed by atoms with Crippen LogP contribution in [0.15, 0.2) is 54.6 Å². The Kier molecular flexibility index (Phi) is 2.73. The maximum Gasteiger partial charge on any atom is 0.340 e. The van der Waals surface area contributed by atoms with Gasteiger partial charge in [0.05, 0.1) is 5.56 Å². The molecule has 2 aliphatic rings. The Morgan fingerprint density at radius 2 is 1.62 bits per heavy atom. The molecule has 0 aromatic heterocycles. The average Bonchev–Trinajstić information content (AvgIpc) is 2.87. The summed E-state index contributed by atoms with van der Waals surface area (Å²) in [6.45, 7) is 1.96. The van der Waals surface area contributed by atoms with E-state index < -0.39 is 11.6 Å². The molecule has 0 radical (unpaired) electrons. The summed E-state index contributed by atoms with van der Waals surface area (Å²) < 4.78 is 12.0. The van der Waals surface area contributed by atoms with Gasteiger partial charge >= 0.3 is 5.97 Å². The zero-order valence-electron chi connectivity index (χ0n) is 13.9. The molecule has 3 N–H and O–H groups in total. The standard InChI is InChI=1S/C21H15NO4/c1-11-2-5-16-18(8-11)25-19-10-13(23)4-7-17(19)21(16)15-6-3-12(22)9-14(15)20(24)26-21/h2-10,23H,22H2,1H3. The molecule has 1 spiro atoms. The van der Waals surface area contributed by atoms with Crippen molar-refractivity contribution < 1.29 is 19.4 Å². The Labute approximate surface area is 149 Å². The Hall–Kier alpha value is -3.47. The van der Waals surface area contributed by atoms with E-state index in [1.54, 1.807) is 24.3 Å². The molecular formula is C21H15NO4. The number of benzene rings is 3. The van der Waals surface area contributed by atoms with Crippen LogP contribution in [0.4, 0.5) is 5.69 Å². The van der Waals surface area contributed by atoms with Crippen LogP contribution < -0.4 is 10.5 Å². The van der Waals surface area contributed by atoms with E-state index >= 15 is 0 Å². The van der Waals surface area contributed by atoms with Crippen LogP contribution in [0.2, 0.25) is 0 Å². The normalized spacial score (nSPS) is 19.3. The number of esters is 1. The molecule has 3 aromatic rings. The monoisotopic (exact) mass is 345 g/mol. The third-order valence-corrected chi connectivity index (χ3v) is 4.97. The Morgan fingerprint density at radius 1 is 0.923 bits per heavy atom. The molecule has 5 heteroatoms. The molecule has 1 unspecified atom stereocenters. The Balaban J connectivity index is 1.90. The fourth-order valence-corrected chi connectivity index (χ4v) is 3.84. The minimum Gasteiger partial charge on any atom is -0.508 e. The number of phenolic OH excluding ortho intramolecular Hbond substituents is 1. The van der Waals surface area contributed by atoms with E-state index in [1.807, 2.05) is 31.2 Å². The first-order chi connectivity index (χ1) is 12.5. The largest absolute Gasteiger partial charge is 0.508 e. The number of nitrogens with two attached hydrogens (primary N) is 1. The van der Waals surface area contributed by atoms with Crippen LogP contribution in [-0.2, 0) is 10.3 Å². The predicted molar refractivity (Wildman–Crippen MR) is 95.5 cm³/mol. The van der Waals surface area contributed by atoms with E-state index in [4.69, 9.17) is 15.2 Å². The van der Waals surface area contributed by atoms with Gasteiger partial charge in [0.1, 0.15) is 17.2 Å². The molecule has 26 heavy (non-hydrogen) atoms. The van der Waals surface area contributed by atoms with Gasteiger partial charge in [-0.1, -0.05) is 18.2 Å². The lowest BCUT2D eigenvalue weighted by Crippen LogP contribution is -2.33. The number of carbonyl (C=O) groups is 1. The highest BCUT2D eigenvalue weighted by atomic mass is 16.6. The summed E-state index contributed by atoms with van der Waals surface area (Å²) in [5.74, 6) is 0.706. The summed E-state index contributed by atoms with van der Waals surface area (Å²) in [5, 5.41) is 9.90. The van der Waals surface area contributed by atoms with Crippen molar-refractivity contribution in [2.75, 3.05) is 5.73 Å². The zero-order valence-corrected chi connectivity index (χ0v) is 13.9. The first-order valence-corrected chi connectivity index (χ1v) is 8.25. The molecule has 1 atom stereocenters. The maximum atomic E-state index is 12.7. The highest BCUT2D eigenvalue weighted by molar-refractivity contribution is 5.98. The molecule has 0 bridgehead atoms. The van der Waals surface area contributed by atoms with Gasteiger partial charge in [-0.15, -0.1) is 0 Å². The first-order valence-electron chi connectivity index (χ1n) is 8.25. The fourth-order valence-electron chi connectivity index (χ4n) is 3.84. The number of rotatable bonds is 0. The van der Waals surface area contributed by atoms with Gasteiger partial charge in [-0.3, -0.25) is 0 Å². The molecule has 0 amide bonds. The molecule has 5 rings (SSSR count). The van der Waals surface area contributed by atoms with Crippen molar-refractivity contribution in [2.24, 2.45) is 0 Å². The van der Waals surface area contributed by atoms with E-state index in [2.05, 4.69) is 0 Å². The van der Waals surface area contributed by atoms with E-state index in [-0.39, 0.29) is 5.75 Å². The van der Waals surface area contributed by atoms with Gasteiger partial charge in [0.15, 0.2) is 5.60 Å². The van der Waals surface area contributed by atoms with Crippen molar-refractivity contribution in [3.8, 4) is 17.2 Å². The quantitative estimate of drug-likeness (QED) is 0.478.